The molecular formula is C19H30BrN. The molecule has 0 amide bonds. The van der Waals surface area contributed by atoms with Crippen molar-refractivity contribution in [3.8, 4) is 0 Å². The van der Waals surface area contributed by atoms with Crippen LogP contribution in [0.25, 0.3) is 0 Å². The molecule has 0 heterocycles. The first-order valence-corrected chi connectivity index (χ1v) is 9.14. The summed E-state index contributed by atoms with van der Waals surface area (Å²) < 4.78 is 1.17. The molecule has 1 fully saturated rings. The van der Waals surface area contributed by atoms with Crippen LogP contribution in [0.1, 0.15) is 65.0 Å². The lowest BCUT2D eigenvalue weighted by Gasteiger charge is -2.37. The number of hydrogen-bond donors (Lipinski definition) is 1. The highest BCUT2D eigenvalue weighted by molar-refractivity contribution is 9.10. The Hall–Kier alpha value is -0.340. The van der Waals surface area contributed by atoms with Gasteiger partial charge in [-0.05, 0) is 74.1 Å². The van der Waals surface area contributed by atoms with Crippen LogP contribution >= 0.6 is 15.9 Å². The molecule has 1 aliphatic carbocycles. The first-order valence-electron chi connectivity index (χ1n) is 8.35. The molecule has 0 unspecified atom stereocenters. The average Bonchev–Trinajstić information content (AvgIpc) is 2.44. The number of halogens is 1. The third-order valence-corrected chi connectivity index (χ3v) is 5.63. The lowest BCUT2D eigenvalue weighted by molar-refractivity contribution is 0.148. The summed E-state index contributed by atoms with van der Waals surface area (Å²) in [4.78, 5) is 0. The van der Waals surface area contributed by atoms with Crippen LogP contribution < -0.4 is 5.32 Å². The minimum atomic E-state index is 0.433. The summed E-state index contributed by atoms with van der Waals surface area (Å²) in [5.41, 5.74) is 1.86. The molecule has 0 spiro atoms. The van der Waals surface area contributed by atoms with Gasteiger partial charge in [-0.1, -0.05) is 48.8 Å². The molecule has 0 radical (unpaired) electrons. The molecule has 1 aromatic carbocycles. The Kier molecular flexibility index (Phi) is 5.90. The second-order valence-corrected chi connectivity index (χ2v) is 8.68. The lowest BCUT2D eigenvalue weighted by Crippen LogP contribution is -2.31. The normalized spacial score (nSPS) is 24.8. The van der Waals surface area contributed by atoms with Crippen molar-refractivity contribution in [1.29, 1.82) is 0 Å². The van der Waals surface area contributed by atoms with Gasteiger partial charge in [-0.3, -0.25) is 0 Å². The van der Waals surface area contributed by atoms with Gasteiger partial charge in [0.25, 0.3) is 0 Å². The maximum atomic E-state index is 3.73. The van der Waals surface area contributed by atoms with Crippen LogP contribution in [0.2, 0.25) is 0 Å². The first kappa shape index (κ1) is 17.0. The summed E-state index contributed by atoms with van der Waals surface area (Å²) in [6, 6.07) is 9.06. The van der Waals surface area contributed by atoms with Gasteiger partial charge in [-0.15, -0.1) is 0 Å². The third kappa shape index (κ3) is 5.10. The SMILES string of the molecule is C[C@@H](NCC1CCC(C(C)(C)C)CC1)c1cccc(Br)c1. The van der Waals surface area contributed by atoms with Crippen molar-refractivity contribution in [2.75, 3.05) is 6.54 Å². The molecule has 1 saturated carbocycles. The van der Waals surface area contributed by atoms with E-state index in [9.17, 15) is 0 Å². The molecular weight excluding hydrogens is 322 g/mol. The number of benzene rings is 1. The van der Waals surface area contributed by atoms with E-state index in [1.807, 2.05) is 0 Å². The van der Waals surface area contributed by atoms with Crippen molar-refractivity contribution < 1.29 is 0 Å². The van der Waals surface area contributed by atoms with E-state index in [0.29, 0.717) is 11.5 Å². The highest BCUT2D eigenvalue weighted by Gasteiger charge is 2.29. The Balaban J connectivity index is 1.77. The Morgan fingerprint density at radius 1 is 1.19 bits per heavy atom. The smallest absolute Gasteiger partial charge is 0.0292 e. The van der Waals surface area contributed by atoms with Crippen molar-refractivity contribution in [2.24, 2.45) is 17.3 Å². The molecule has 1 nitrogen and oxygen atoms in total. The van der Waals surface area contributed by atoms with Gasteiger partial charge in [0.2, 0.25) is 0 Å². The van der Waals surface area contributed by atoms with Gasteiger partial charge in [-0.2, -0.15) is 0 Å². The summed E-state index contributed by atoms with van der Waals surface area (Å²) in [5.74, 6) is 1.77. The molecule has 0 aromatic heterocycles. The van der Waals surface area contributed by atoms with Gasteiger partial charge in [0.1, 0.15) is 0 Å². The van der Waals surface area contributed by atoms with Crippen LogP contribution in [0.5, 0.6) is 0 Å². The Morgan fingerprint density at radius 2 is 1.86 bits per heavy atom. The van der Waals surface area contributed by atoms with Crippen LogP contribution in [0, 0.1) is 17.3 Å². The largest absolute Gasteiger partial charge is 0.310 e. The predicted molar refractivity (Wildman–Crippen MR) is 95.5 cm³/mol. The second kappa shape index (κ2) is 7.28. The number of hydrogen-bond acceptors (Lipinski definition) is 1. The van der Waals surface area contributed by atoms with Crippen molar-refractivity contribution in [2.45, 2.75) is 59.4 Å². The van der Waals surface area contributed by atoms with E-state index in [4.69, 9.17) is 0 Å². The molecule has 21 heavy (non-hydrogen) atoms. The molecule has 0 aliphatic heterocycles. The van der Waals surface area contributed by atoms with Crippen LogP contribution in [0.4, 0.5) is 0 Å². The minimum Gasteiger partial charge on any atom is -0.310 e. The summed E-state index contributed by atoms with van der Waals surface area (Å²) >= 11 is 3.56. The van der Waals surface area contributed by atoms with E-state index < -0.39 is 0 Å². The number of nitrogens with one attached hydrogen (secondary N) is 1. The van der Waals surface area contributed by atoms with E-state index in [-0.39, 0.29) is 0 Å². The third-order valence-electron chi connectivity index (χ3n) is 5.13. The Morgan fingerprint density at radius 3 is 2.43 bits per heavy atom. The minimum absolute atomic E-state index is 0.433. The van der Waals surface area contributed by atoms with Crippen LogP contribution in [0.3, 0.4) is 0 Å². The summed E-state index contributed by atoms with van der Waals surface area (Å²) in [6.07, 6.45) is 5.59. The van der Waals surface area contributed by atoms with Crippen molar-refractivity contribution in [1.82, 2.24) is 5.32 Å². The fourth-order valence-electron chi connectivity index (χ4n) is 3.47. The Bertz CT molecular complexity index is 441. The molecule has 0 saturated heterocycles. The quantitative estimate of drug-likeness (QED) is 0.706. The second-order valence-electron chi connectivity index (χ2n) is 7.77. The van der Waals surface area contributed by atoms with Gasteiger partial charge in [-0.25, -0.2) is 0 Å². The van der Waals surface area contributed by atoms with Crippen LogP contribution in [-0.4, -0.2) is 6.54 Å². The van der Waals surface area contributed by atoms with Gasteiger partial charge < -0.3 is 5.32 Å². The van der Waals surface area contributed by atoms with Gasteiger partial charge >= 0.3 is 0 Å². The highest BCUT2D eigenvalue weighted by atomic mass is 79.9. The number of rotatable bonds is 4. The molecule has 0 bridgehead atoms. The maximum Gasteiger partial charge on any atom is 0.0292 e. The fourth-order valence-corrected chi connectivity index (χ4v) is 3.89. The van der Waals surface area contributed by atoms with Crippen molar-refractivity contribution >= 4 is 15.9 Å². The molecule has 118 valence electrons. The standard InChI is InChI=1S/C19H30BrN/c1-14(16-6-5-7-18(20)12-16)21-13-15-8-10-17(11-9-15)19(2,3)4/h5-7,12,14-15,17,21H,8-11,13H2,1-4H3/t14-,15?,17?/m1/s1. The first-order chi connectivity index (χ1) is 9.86. The van der Waals surface area contributed by atoms with Gasteiger partial charge in [0, 0.05) is 10.5 Å². The zero-order valence-electron chi connectivity index (χ0n) is 14.0. The topological polar surface area (TPSA) is 12.0 Å². The zero-order chi connectivity index (χ0) is 15.5. The average molecular weight is 352 g/mol. The highest BCUT2D eigenvalue weighted by Crippen LogP contribution is 2.39. The summed E-state index contributed by atoms with van der Waals surface area (Å²) in [5, 5.41) is 3.73. The molecule has 2 heteroatoms. The van der Waals surface area contributed by atoms with Crippen LogP contribution in [0.15, 0.2) is 28.7 Å². The van der Waals surface area contributed by atoms with E-state index in [2.05, 4.69) is 73.2 Å². The Labute approximate surface area is 139 Å². The van der Waals surface area contributed by atoms with Crippen molar-refractivity contribution in [3.63, 3.8) is 0 Å². The zero-order valence-corrected chi connectivity index (χ0v) is 15.5. The molecule has 2 rings (SSSR count). The summed E-state index contributed by atoms with van der Waals surface area (Å²) in [6.45, 7) is 10.6. The van der Waals surface area contributed by atoms with E-state index in [1.165, 1.54) is 35.7 Å². The van der Waals surface area contributed by atoms with E-state index >= 15 is 0 Å². The maximum absolute atomic E-state index is 3.73. The molecule has 1 atom stereocenters. The van der Waals surface area contributed by atoms with E-state index in [0.717, 1.165) is 18.4 Å². The predicted octanol–water partition coefficient (Wildman–Crippen LogP) is 5.95. The fraction of sp³-hybridized carbons (Fsp3) is 0.684. The lowest BCUT2D eigenvalue weighted by atomic mass is 9.70. The van der Waals surface area contributed by atoms with Crippen LogP contribution in [-0.2, 0) is 0 Å². The molecule has 1 aromatic rings. The summed E-state index contributed by atoms with van der Waals surface area (Å²) in [7, 11) is 0. The van der Waals surface area contributed by atoms with E-state index in [1.54, 1.807) is 0 Å². The monoisotopic (exact) mass is 351 g/mol. The van der Waals surface area contributed by atoms with Crippen molar-refractivity contribution in [3.05, 3.63) is 34.3 Å². The molecule has 1 N–H and O–H groups in total. The molecule has 1 aliphatic rings. The van der Waals surface area contributed by atoms with Gasteiger partial charge in [0.15, 0.2) is 0 Å². The van der Waals surface area contributed by atoms with Gasteiger partial charge in [0.05, 0.1) is 0 Å².